The van der Waals surface area contributed by atoms with Crippen LogP contribution in [0.3, 0.4) is 0 Å². The van der Waals surface area contributed by atoms with Crippen LogP contribution in [-0.4, -0.2) is 44.7 Å². The number of hydrogen-bond acceptors (Lipinski definition) is 3. The number of rotatable bonds is 8. The molecule has 0 bridgehead atoms. The number of likely N-dealkylation sites (tertiary alicyclic amines) is 1. The van der Waals surface area contributed by atoms with Crippen molar-refractivity contribution < 1.29 is 14.3 Å². The van der Waals surface area contributed by atoms with Crippen molar-refractivity contribution in [2.45, 2.75) is 57.3 Å². The average Bonchev–Trinajstić information content (AvgIpc) is 2.89. The molecule has 1 atom stereocenters. The van der Waals surface area contributed by atoms with Crippen molar-refractivity contribution in [3.05, 3.63) is 35.4 Å². The largest absolute Gasteiger partial charge is 0.369 e. The van der Waals surface area contributed by atoms with Gasteiger partial charge < -0.3 is 15.4 Å². The highest BCUT2D eigenvalue weighted by Gasteiger charge is 2.50. The number of ether oxygens (including phenoxy) is 1. The first-order valence-electron chi connectivity index (χ1n) is 9.32. The molecule has 144 valence electrons. The summed E-state index contributed by atoms with van der Waals surface area (Å²) >= 11 is 0. The van der Waals surface area contributed by atoms with Crippen molar-refractivity contribution in [1.82, 2.24) is 4.90 Å². The SMILES string of the molecule is CC(C)c1ccccc1C1(C(N)=O)CC(=O)N(COCC[Si](C)(C)C)C1. The van der Waals surface area contributed by atoms with E-state index in [4.69, 9.17) is 10.5 Å². The quantitative estimate of drug-likeness (QED) is 0.560. The zero-order chi connectivity index (χ0) is 19.5. The lowest BCUT2D eigenvalue weighted by molar-refractivity contribution is -0.132. The normalized spacial score (nSPS) is 20.8. The van der Waals surface area contributed by atoms with Gasteiger partial charge in [0.2, 0.25) is 11.8 Å². The predicted molar refractivity (Wildman–Crippen MR) is 107 cm³/mol. The number of carbonyl (C=O) groups is 2. The van der Waals surface area contributed by atoms with Gasteiger partial charge in [0.25, 0.3) is 0 Å². The third-order valence-electron chi connectivity index (χ3n) is 5.08. The molecule has 6 heteroatoms. The minimum absolute atomic E-state index is 0.0737. The second-order valence-electron chi connectivity index (χ2n) is 8.80. The highest BCUT2D eigenvalue weighted by atomic mass is 28.3. The van der Waals surface area contributed by atoms with Gasteiger partial charge in [-0.2, -0.15) is 0 Å². The maximum Gasteiger partial charge on any atom is 0.230 e. The van der Waals surface area contributed by atoms with Gasteiger partial charge >= 0.3 is 0 Å². The van der Waals surface area contributed by atoms with E-state index >= 15 is 0 Å². The van der Waals surface area contributed by atoms with E-state index in [1.54, 1.807) is 4.90 Å². The molecule has 1 aliphatic heterocycles. The number of carbonyl (C=O) groups excluding carboxylic acids is 2. The third-order valence-corrected chi connectivity index (χ3v) is 6.78. The molecule has 1 saturated heterocycles. The molecule has 5 nitrogen and oxygen atoms in total. The van der Waals surface area contributed by atoms with E-state index < -0.39 is 19.4 Å². The molecule has 1 fully saturated rings. The Balaban J connectivity index is 2.19. The van der Waals surface area contributed by atoms with Gasteiger partial charge in [-0.1, -0.05) is 57.8 Å². The van der Waals surface area contributed by atoms with Gasteiger partial charge in [0.15, 0.2) is 0 Å². The monoisotopic (exact) mass is 376 g/mol. The van der Waals surface area contributed by atoms with E-state index in [0.29, 0.717) is 6.61 Å². The van der Waals surface area contributed by atoms with Gasteiger partial charge in [-0.25, -0.2) is 0 Å². The van der Waals surface area contributed by atoms with Gasteiger partial charge in [-0.05, 0) is 23.1 Å². The van der Waals surface area contributed by atoms with Gasteiger partial charge in [0.05, 0.1) is 0 Å². The molecule has 0 aliphatic carbocycles. The van der Waals surface area contributed by atoms with E-state index in [2.05, 4.69) is 33.5 Å². The van der Waals surface area contributed by atoms with Crippen LogP contribution in [0.1, 0.15) is 37.3 Å². The summed E-state index contributed by atoms with van der Waals surface area (Å²) in [6.45, 7) is 12.2. The molecule has 1 heterocycles. The number of primary amides is 1. The standard InChI is InChI=1S/C20H32N2O3Si/c1-15(2)16-8-6-7-9-17(16)20(19(21)24)12-18(23)22(13-20)14-25-10-11-26(3,4)5/h6-9,15H,10-14H2,1-5H3,(H2,21,24). The lowest BCUT2D eigenvalue weighted by atomic mass is 9.74. The van der Waals surface area contributed by atoms with Crippen LogP contribution in [0.2, 0.25) is 25.7 Å². The summed E-state index contributed by atoms with van der Waals surface area (Å²) in [6, 6.07) is 8.86. The fraction of sp³-hybridized carbons (Fsp3) is 0.600. The summed E-state index contributed by atoms with van der Waals surface area (Å²) in [5.41, 5.74) is 6.79. The molecule has 1 aromatic carbocycles. The van der Waals surface area contributed by atoms with Gasteiger partial charge in [-0.15, -0.1) is 0 Å². The number of benzene rings is 1. The van der Waals surface area contributed by atoms with Crippen molar-refractivity contribution in [3.8, 4) is 0 Å². The summed E-state index contributed by atoms with van der Waals surface area (Å²) in [5.74, 6) is -0.265. The molecule has 0 radical (unpaired) electrons. The minimum Gasteiger partial charge on any atom is -0.369 e. The molecule has 0 aromatic heterocycles. The molecule has 1 aromatic rings. The summed E-state index contributed by atoms with van der Waals surface area (Å²) in [7, 11) is -1.17. The summed E-state index contributed by atoms with van der Waals surface area (Å²) in [5, 5.41) is 0. The predicted octanol–water partition coefficient (Wildman–Crippen LogP) is 3.08. The number of hydrogen-bond donors (Lipinski definition) is 1. The molecular formula is C20H32N2O3Si. The van der Waals surface area contributed by atoms with E-state index in [1.165, 1.54) is 0 Å². The lowest BCUT2D eigenvalue weighted by Gasteiger charge is -2.29. The van der Waals surface area contributed by atoms with E-state index in [0.717, 1.165) is 17.2 Å². The Morgan fingerprint density at radius 1 is 1.31 bits per heavy atom. The molecule has 26 heavy (non-hydrogen) atoms. The molecule has 2 rings (SSSR count). The van der Waals surface area contributed by atoms with Crippen molar-refractivity contribution in [1.29, 1.82) is 0 Å². The maximum atomic E-state index is 12.6. The number of nitrogens with zero attached hydrogens (tertiary/aromatic N) is 1. The highest BCUT2D eigenvalue weighted by Crippen LogP contribution is 2.39. The fourth-order valence-corrected chi connectivity index (χ4v) is 4.18. The van der Waals surface area contributed by atoms with Crippen LogP contribution >= 0.6 is 0 Å². The molecular weight excluding hydrogens is 344 g/mol. The molecule has 0 spiro atoms. The Kier molecular flexibility index (Phi) is 6.29. The van der Waals surface area contributed by atoms with Crippen LogP contribution in [-0.2, 0) is 19.7 Å². The molecule has 1 aliphatic rings. The summed E-state index contributed by atoms with van der Waals surface area (Å²) in [6.07, 6.45) is 0.115. The average molecular weight is 377 g/mol. The number of amides is 2. The van der Waals surface area contributed by atoms with Crippen molar-refractivity contribution in [2.75, 3.05) is 19.9 Å². The third kappa shape index (κ3) is 4.54. The summed E-state index contributed by atoms with van der Waals surface area (Å²) in [4.78, 5) is 26.7. The highest BCUT2D eigenvalue weighted by molar-refractivity contribution is 6.76. The first-order valence-corrected chi connectivity index (χ1v) is 13.0. The zero-order valence-electron chi connectivity index (χ0n) is 16.7. The van der Waals surface area contributed by atoms with Crippen LogP contribution in [0.5, 0.6) is 0 Å². The van der Waals surface area contributed by atoms with Crippen LogP contribution in [0.25, 0.3) is 0 Å². The van der Waals surface area contributed by atoms with Crippen molar-refractivity contribution in [3.63, 3.8) is 0 Å². The first-order chi connectivity index (χ1) is 12.1. The van der Waals surface area contributed by atoms with Crippen LogP contribution < -0.4 is 5.73 Å². The van der Waals surface area contributed by atoms with Gasteiger partial charge in [0, 0.05) is 27.6 Å². The Bertz CT molecular complexity index is 669. The minimum atomic E-state index is -1.17. The first kappa shape index (κ1) is 20.6. The van der Waals surface area contributed by atoms with Crippen LogP contribution in [0, 0.1) is 0 Å². The van der Waals surface area contributed by atoms with Crippen molar-refractivity contribution >= 4 is 19.9 Å². The lowest BCUT2D eigenvalue weighted by Crippen LogP contribution is -2.44. The van der Waals surface area contributed by atoms with E-state index in [9.17, 15) is 9.59 Å². The fourth-order valence-electron chi connectivity index (χ4n) is 3.43. The second kappa shape index (κ2) is 7.92. The zero-order valence-corrected chi connectivity index (χ0v) is 17.7. The Hall–Kier alpha value is -1.66. The van der Waals surface area contributed by atoms with Gasteiger partial charge in [-0.3, -0.25) is 9.59 Å². The van der Waals surface area contributed by atoms with Gasteiger partial charge in [0.1, 0.15) is 12.1 Å². The topological polar surface area (TPSA) is 72.6 Å². The molecule has 2 N–H and O–H groups in total. The Morgan fingerprint density at radius 2 is 1.96 bits per heavy atom. The molecule has 1 unspecified atom stereocenters. The summed E-state index contributed by atoms with van der Waals surface area (Å²) < 4.78 is 5.74. The van der Waals surface area contributed by atoms with E-state index in [-0.39, 0.29) is 31.5 Å². The van der Waals surface area contributed by atoms with Crippen LogP contribution in [0.4, 0.5) is 0 Å². The van der Waals surface area contributed by atoms with Crippen LogP contribution in [0.15, 0.2) is 24.3 Å². The number of nitrogens with two attached hydrogens (primary N) is 1. The second-order valence-corrected chi connectivity index (χ2v) is 14.4. The smallest absolute Gasteiger partial charge is 0.230 e. The molecule has 0 saturated carbocycles. The van der Waals surface area contributed by atoms with E-state index in [1.807, 2.05) is 24.3 Å². The van der Waals surface area contributed by atoms with Crippen molar-refractivity contribution in [2.24, 2.45) is 5.73 Å². The molecule has 2 amide bonds. The maximum absolute atomic E-state index is 12.6. The Labute approximate surface area is 157 Å². The Morgan fingerprint density at radius 3 is 2.54 bits per heavy atom.